The van der Waals surface area contributed by atoms with Crippen LogP contribution in [-0.4, -0.2) is 80.9 Å². The lowest BCUT2D eigenvalue weighted by molar-refractivity contribution is 0.0268. The molecule has 2 unspecified atom stereocenters. The minimum absolute atomic E-state index is 0.0585. The van der Waals surface area contributed by atoms with Crippen molar-refractivity contribution >= 4 is 47.3 Å². The molecule has 276 valence electrons. The van der Waals surface area contributed by atoms with Gasteiger partial charge in [-0.1, -0.05) is 35.3 Å². The van der Waals surface area contributed by atoms with Crippen molar-refractivity contribution in [2.45, 2.75) is 97.6 Å². The summed E-state index contributed by atoms with van der Waals surface area (Å²) >= 11 is 12.8. The Morgan fingerprint density at radius 3 is 1.92 bits per heavy atom. The van der Waals surface area contributed by atoms with Crippen LogP contribution in [0.15, 0.2) is 48.8 Å². The number of ether oxygens (including phenoxy) is 4. The number of imide groups is 1. The Balaban J connectivity index is 1.68. The number of aromatic nitrogens is 2. The van der Waals surface area contributed by atoms with Crippen molar-refractivity contribution in [3.8, 4) is 16.9 Å². The zero-order valence-corrected chi connectivity index (χ0v) is 32.0. The second-order valence-electron chi connectivity index (χ2n) is 15.2. The Labute approximate surface area is 309 Å². The summed E-state index contributed by atoms with van der Waals surface area (Å²) in [5, 5.41) is 11.7. The van der Waals surface area contributed by atoms with Crippen LogP contribution < -0.4 is 9.64 Å². The summed E-state index contributed by atoms with van der Waals surface area (Å²) in [7, 11) is 0. The highest BCUT2D eigenvalue weighted by Crippen LogP contribution is 2.35. The lowest BCUT2D eigenvalue weighted by Gasteiger charge is -2.29. The maximum Gasteiger partial charge on any atom is 0.425 e. The fourth-order valence-electron chi connectivity index (χ4n) is 5.11. The van der Waals surface area contributed by atoms with Gasteiger partial charge in [-0.3, -0.25) is 4.98 Å². The molecule has 0 saturated carbocycles. The third-order valence-corrected chi connectivity index (χ3v) is 8.02. The molecule has 12 nitrogen and oxygen atoms in total. The van der Waals surface area contributed by atoms with Gasteiger partial charge in [-0.05, 0) is 92.1 Å². The molecular weight excluding hydrogens is 699 g/mol. The van der Waals surface area contributed by atoms with Crippen molar-refractivity contribution in [3.05, 3.63) is 70.1 Å². The first kappa shape index (κ1) is 39.7. The van der Waals surface area contributed by atoms with Crippen molar-refractivity contribution in [1.82, 2.24) is 14.9 Å². The van der Waals surface area contributed by atoms with Crippen LogP contribution in [0.5, 0.6) is 5.75 Å². The first-order valence-electron chi connectivity index (χ1n) is 16.6. The first-order valence-corrected chi connectivity index (χ1v) is 17.3. The third-order valence-electron chi connectivity index (χ3n) is 7.31. The number of carbonyl (C=O) groups is 3. The van der Waals surface area contributed by atoms with Gasteiger partial charge in [-0.25, -0.2) is 19.4 Å². The zero-order chi connectivity index (χ0) is 37.9. The standard InChI is InChI=1S/C37H46Cl2N4O8/c1-35(2,3)49-32(45)42-20-25(29(44)21-42)28-14-13-22(18-40-28)23-17-30(48-16-15-24-26(38)11-10-12-27(24)39)31(41-19-23)43(33(46)50-36(4,5)6)34(47)51-37(7,8)9/h10-14,17-19,25,29,44H,15-16,20-21H2,1-9H3. The zero-order valence-electron chi connectivity index (χ0n) is 30.5. The number of carbonyl (C=O) groups excluding carboxylic acids is 3. The Morgan fingerprint density at radius 1 is 0.824 bits per heavy atom. The molecule has 1 fully saturated rings. The number of halogens is 2. The maximum absolute atomic E-state index is 13.5. The molecule has 2 atom stereocenters. The van der Waals surface area contributed by atoms with Gasteiger partial charge < -0.3 is 29.0 Å². The van der Waals surface area contributed by atoms with Gasteiger partial charge in [-0.15, -0.1) is 0 Å². The number of amides is 3. The van der Waals surface area contributed by atoms with Crippen LogP contribution in [0.25, 0.3) is 11.1 Å². The summed E-state index contributed by atoms with van der Waals surface area (Å²) in [6.07, 6.45) is 0.0664. The van der Waals surface area contributed by atoms with E-state index in [4.69, 9.17) is 42.1 Å². The second-order valence-corrected chi connectivity index (χ2v) is 16.0. The van der Waals surface area contributed by atoms with Crippen LogP contribution in [-0.2, 0) is 20.6 Å². The van der Waals surface area contributed by atoms with Gasteiger partial charge >= 0.3 is 18.3 Å². The number of benzene rings is 1. The predicted octanol–water partition coefficient (Wildman–Crippen LogP) is 8.44. The molecule has 0 bridgehead atoms. The van der Waals surface area contributed by atoms with E-state index in [-0.39, 0.29) is 31.3 Å². The maximum atomic E-state index is 13.5. The van der Waals surface area contributed by atoms with E-state index in [1.807, 2.05) is 0 Å². The Bertz CT molecular complexity index is 1680. The third kappa shape index (κ3) is 10.9. The molecule has 3 amide bonds. The largest absolute Gasteiger partial charge is 0.489 e. The molecule has 1 N–H and O–H groups in total. The topological polar surface area (TPSA) is 141 Å². The van der Waals surface area contributed by atoms with Crippen LogP contribution in [0, 0.1) is 0 Å². The molecule has 14 heteroatoms. The molecule has 2 aromatic heterocycles. The Hall–Kier alpha value is -4.13. The molecule has 0 radical (unpaired) electrons. The van der Waals surface area contributed by atoms with Crippen molar-refractivity contribution in [3.63, 3.8) is 0 Å². The smallest absolute Gasteiger partial charge is 0.425 e. The van der Waals surface area contributed by atoms with Crippen molar-refractivity contribution in [1.29, 1.82) is 0 Å². The number of hydrogen-bond acceptors (Lipinski definition) is 10. The van der Waals surface area contributed by atoms with E-state index >= 15 is 0 Å². The quantitative estimate of drug-likeness (QED) is 0.234. The van der Waals surface area contributed by atoms with Crippen LogP contribution in [0.1, 0.15) is 79.5 Å². The average Bonchev–Trinajstić information content (AvgIpc) is 3.38. The highest BCUT2D eigenvalue weighted by Gasteiger charge is 2.38. The second kappa shape index (κ2) is 15.6. The van der Waals surface area contributed by atoms with E-state index in [1.54, 1.807) is 105 Å². The number of nitrogens with zero attached hydrogens (tertiary/aromatic N) is 4. The van der Waals surface area contributed by atoms with E-state index in [0.29, 0.717) is 43.8 Å². The van der Waals surface area contributed by atoms with E-state index in [0.717, 1.165) is 0 Å². The lowest BCUT2D eigenvalue weighted by atomic mass is 10.00. The van der Waals surface area contributed by atoms with E-state index < -0.39 is 47.1 Å². The van der Waals surface area contributed by atoms with Crippen LogP contribution in [0.2, 0.25) is 10.0 Å². The summed E-state index contributed by atoms with van der Waals surface area (Å²) in [6, 6.07) is 10.4. The minimum atomic E-state index is -1.00. The molecule has 1 saturated heterocycles. The summed E-state index contributed by atoms with van der Waals surface area (Å²) < 4.78 is 22.8. The van der Waals surface area contributed by atoms with Crippen LogP contribution >= 0.6 is 23.2 Å². The molecular formula is C37H46Cl2N4O8. The van der Waals surface area contributed by atoms with E-state index in [2.05, 4.69) is 9.97 Å². The van der Waals surface area contributed by atoms with Crippen molar-refractivity contribution in [2.75, 3.05) is 24.6 Å². The van der Waals surface area contributed by atoms with Gasteiger partial charge in [0.1, 0.15) is 16.8 Å². The van der Waals surface area contributed by atoms with Gasteiger partial charge in [0, 0.05) is 58.1 Å². The number of β-amino-alcohol motifs (C(OH)–C–C–N with tert-alkyl or cyclic N) is 1. The van der Waals surface area contributed by atoms with Gasteiger partial charge in [0.25, 0.3) is 0 Å². The molecule has 3 heterocycles. The van der Waals surface area contributed by atoms with Crippen molar-refractivity contribution < 1.29 is 38.4 Å². The normalized spacial score (nSPS) is 16.4. The molecule has 0 spiro atoms. The summed E-state index contributed by atoms with van der Waals surface area (Å²) in [6.45, 7) is 15.8. The Morgan fingerprint density at radius 2 is 1.39 bits per heavy atom. The summed E-state index contributed by atoms with van der Waals surface area (Å²) in [4.78, 5) is 50.9. The number of hydrogen-bond donors (Lipinski definition) is 1. The highest BCUT2D eigenvalue weighted by atomic mass is 35.5. The number of aliphatic hydroxyl groups excluding tert-OH is 1. The lowest BCUT2D eigenvalue weighted by Crippen LogP contribution is -2.44. The number of rotatable bonds is 7. The number of aliphatic hydroxyl groups is 1. The van der Waals surface area contributed by atoms with Gasteiger partial charge in [0.2, 0.25) is 0 Å². The van der Waals surface area contributed by atoms with Gasteiger partial charge in [0.15, 0.2) is 11.6 Å². The van der Waals surface area contributed by atoms with E-state index in [1.165, 1.54) is 11.1 Å². The molecule has 4 rings (SSSR count). The Kier molecular flexibility index (Phi) is 12.2. The van der Waals surface area contributed by atoms with E-state index in [9.17, 15) is 19.5 Å². The molecule has 3 aromatic rings. The molecule has 0 aliphatic carbocycles. The average molecular weight is 746 g/mol. The molecule has 1 aromatic carbocycles. The highest BCUT2D eigenvalue weighted by molar-refractivity contribution is 6.36. The predicted molar refractivity (Wildman–Crippen MR) is 195 cm³/mol. The summed E-state index contributed by atoms with van der Waals surface area (Å²) in [5.41, 5.74) is -0.0939. The number of likely N-dealkylation sites (tertiary alicyclic amines) is 1. The SMILES string of the molecule is CC(C)(C)OC(=O)N1CC(O)C(c2ccc(-c3cnc(N(C(=O)OC(C)(C)C)C(=O)OC(C)(C)C)c(OCCc4c(Cl)cccc4Cl)c3)cn2)C1. The summed E-state index contributed by atoms with van der Waals surface area (Å²) in [5.74, 6) is -0.483. The fourth-order valence-corrected chi connectivity index (χ4v) is 5.70. The first-order chi connectivity index (χ1) is 23.6. The number of anilines is 1. The fraction of sp³-hybridized carbons (Fsp3) is 0.486. The minimum Gasteiger partial charge on any atom is -0.489 e. The van der Waals surface area contributed by atoms with Crippen LogP contribution in [0.4, 0.5) is 20.2 Å². The monoisotopic (exact) mass is 744 g/mol. The van der Waals surface area contributed by atoms with Gasteiger partial charge in [-0.2, -0.15) is 4.90 Å². The molecule has 1 aliphatic heterocycles. The van der Waals surface area contributed by atoms with Crippen LogP contribution in [0.3, 0.4) is 0 Å². The molecule has 1 aliphatic rings. The van der Waals surface area contributed by atoms with Crippen molar-refractivity contribution in [2.24, 2.45) is 0 Å². The number of pyridine rings is 2. The molecule has 51 heavy (non-hydrogen) atoms. The van der Waals surface area contributed by atoms with Gasteiger partial charge in [0.05, 0.1) is 19.3 Å².